The summed E-state index contributed by atoms with van der Waals surface area (Å²) in [6.45, 7) is 0. The van der Waals surface area contributed by atoms with Crippen LogP contribution in [0.15, 0.2) is 12.4 Å². The number of hydrogen-bond donors (Lipinski definition) is 2. The van der Waals surface area contributed by atoms with Crippen molar-refractivity contribution in [3.8, 4) is 0 Å². The van der Waals surface area contributed by atoms with Crippen molar-refractivity contribution in [3.05, 3.63) is 28.5 Å². The van der Waals surface area contributed by atoms with Crippen molar-refractivity contribution >= 4 is 23.4 Å². The van der Waals surface area contributed by atoms with Crippen LogP contribution in [0, 0.1) is 0 Å². The maximum atomic E-state index is 10.7. The summed E-state index contributed by atoms with van der Waals surface area (Å²) in [5, 5.41) is -0.0602. The van der Waals surface area contributed by atoms with Crippen LogP contribution in [0.3, 0.4) is 0 Å². The predicted octanol–water partition coefficient (Wildman–Crippen LogP) is -0.0672. The Bertz CT molecular complexity index is 346. The van der Waals surface area contributed by atoms with Gasteiger partial charge < -0.3 is 11.5 Å². The minimum atomic E-state index is -0.749. The summed E-state index contributed by atoms with van der Waals surface area (Å²) in [6.07, 6.45) is 2.36. The zero-order chi connectivity index (χ0) is 10.0. The molecule has 2 amide bonds. The van der Waals surface area contributed by atoms with E-state index in [1.807, 2.05) is 0 Å². The number of aromatic nitrogens is 1. The molecule has 1 aromatic heterocycles. The van der Waals surface area contributed by atoms with Gasteiger partial charge in [0.2, 0.25) is 0 Å². The SMILES string of the molecule is NC(=O)c1cncc(C(N)=O)c1Cl. The molecule has 0 saturated heterocycles. The van der Waals surface area contributed by atoms with Gasteiger partial charge in [-0.1, -0.05) is 11.6 Å². The van der Waals surface area contributed by atoms with Gasteiger partial charge in [-0.15, -0.1) is 0 Å². The third-order valence-corrected chi connectivity index (χ3v) is 1.82. The predicted molar refractivity (Wildman–Crippen MR) is 46.3 cm³/mol. The standard InChI is InChI=1S/C7H6ClN3O2/c8-5-3(6(9)12)1-11-2-4(5)7(10)13/h1-2H,(H2,9,12)(H2,10,13). The fourth-order valence-corrected chi connectivity index (χ4v) is 1.07. The maximum absolute atomic E-state index is 10.7. The Morgan fingerprint density at radius 3 is 1.85 bits per heavy atom. The van der Waals surface area contributed by atoms with Gasteiger partial charge in [0.15, 0.2) is 0 Å². The Morgan fingerprint density at radius 1 is 1.15 bits per heavy atom. The highest BCUT2D eigenvalue weighted by Crippen LogP contribution is 2.18. The Morgan fingerprint density at radius 2 is 1.54 bits per heavy atom. The molecule has 1 aromatic rings. The summed E-state index contributed by atoms with van der Waals surface area (Å²) >= 11 is 5.66. The van der Waals surface area contributed by atoms with Crippen LogP contribution in [0.5, 0.6) is 0 Å². The van der Waals surface area contributed by atoms with Crippen molar-refractivity contribution in [2.45, 2.75) is 0 Å². The minimum absolute atomic E-state index is 0.0158. The number of nitrogens with two attached hydrogens (primary N) is 2. The van der Waals surface area contributed by atoms with E-state index in [-0.39, 0.29) is 16.1 Å². The molecule has 6 heteroatoms. The van der Waals surface area contributed by atoms with Crippen LogP contribution < -0.4 is 11.5 Å². The lowest BCUT2D eigenvalue weighted by atomic mass is 10.2. The smallest absolute Gasteiger partial charge is 0.251 e. The summed E-state index contributed by atoms with van der Waals surface area (Å²) in [6, 6.07) is 0. The lowest BCUT2D eigenvalue weighted by Gasteiger charge is -2.01. The zero-order valence-electron chi connectivity index (χ0n) is 6.45. The van der Waals surface area contributed by atoms with Gasteiger partial charge in [0.25, 0.3) is 11.8 Å². The van der Waals surface area contributed by atoms with Crippen molar-refractivity contribution in [2.24, 2.45) is 11.5 Å². The van der Waals surface area contributed by atoms with Crippen molar-refractivity contribution in [1.29, 1.82) is 0 Å². The molecule has 0 unspecified atom stereocenters. The highest BCUT2D eigenvalue weighted by Gasteiger charge is 2.14. The highest BCUT2D eigenvalue weighted by molar-refractivity contribution is 6.36. The van der Waals surface area contributed by atoms with Gasteiger partial charge in [0.05, 0.1) is 16.1 Å². The van der Waals surface area contributed by atoms with Gasteiger partial charge in [-0.2, -0.15) is 0 Å². The summed E-state index contributed by atoms with van der Waals surface area (Å²) < 4.78 is 0. The molecule has 0 aliphatic rings. The van der Waals surface area contributed by atoms with E-state index in [0.29, 0.717) is 0 Å². The summed E-state index contributed by atoms with van der Waals surface area (Å²) in [5.74, 6) is -1.50. The van der Waals surface area contributed by atoms with Gasteiger partial charge in [-0.3, -0.25) is 14.6 Å². The van der Waals surface area contributed by atoms with Crippen LogP contribution in [0.1, 0.15) is 20.7 Å². The molecule has 1 heterocycles. The van der Waals surface area contributed by atoms with Crippen LogP contribution in [-0.2, 0) is 0 Å². The maximum Gasteiger partial charge on any atom is 0.251 e. The van der Waals surface area contributed by atoms with Gasteiger partial charge >= 0.3 is 0 Å². The monoisotopic (exact) mass is 199 g/mol. The third kappa shape index (κ3) is 1.75. The molecule has 0 aliphatic carbocycles. The van der Waals surface area contributed by atoms with E-state index in [1.54, 1.807) is 0 Å². The van der Waals surface area contributed by atoms with Crippen molar-refractivity contribution in [3.63, 3.8) is 0 Å². The number of carbonyl (C=O) groups excluding carboxylic acids is 2. The van der Waals surface area contributed by atoms with Crippen LogP contribution in [-0.4, -0.2) is 16.8 Å². The van der Waals surface area contributed by atoms with Gasteiger partial charge in [-0.25, -0.2) is 0 Å². The van der Waals surface area contributed by atoms with E-state index >= 15 is 0 Å². The Labute approximate surface area is 78.7 Å². The second-order valence-electron chi connectivity index (χ2n) is 2.28. The highest BCUT2D eigenvalue weighted by atomic mass is 35.5. The molecule has 5 nitrogen and oxygen atoms in total. The van der Waals surface area contributed by atoms with Crippen LogP contribution >= 0.6 is 11.6 Å². The average molecular weight is 200 g/mol. The quantitative estimate of drug-likeness (QED) is 0.698. The molecular formula is C7H6ClN3O2. The minimum Gasteiger partial charge on any atom is -0.366 e. The summed E-state index contributed by atoms with van der Waals surface area (Å²) in [5.41, 5.74) is 9.90. The normalized spacial score (nSPS) is 9.62. The molecule has 1 rings (SSSR count). The number of primary amides is 2. The van der Waals surface area contributed by atoms with E-state index in [9.17, 15) is 9.59 Å². The zero-order valence-corrected chi connectivity index (χ0v) is 7.21. The van der Waals surface area contributed by atoms with Crippen molar-refractivity contribution in [2.75, 3.05) is 0 Å². The lowest BCUT2D eigenvalue weighted by Crippen LogP contribution is -2.17. The molecule has 0 aliphatic heterocycles. The number of hydrogen-bond acceptors (Lipinski definition) is 3. The number of rotatable bonds is 2. The first kappa shape index (κ1) is 9.47. The molecule has 0 spiro atoms. The first-order chi connectivity index (χ1) is 6.04. The van der Waals surface area contributed by atoms with Crippen molar-refractivity contribution < 1.29 is 9.59 Å². The lowest BCUT2D eigenvalue weighted by molar-refractivity contribution is 0.0999. The van der Waals surface area contributed by atoms with Gasteiger partial charge in [-0.05, 0) is 0 Å². The molecule has 68 valence electrons. The fraction of sp³-hybridized carbons (Fsp3) is 0. The average Bonchev–Trinajstić information content (AvgIpc) is 2.03. The molecule has 0 fully saturated rings. The van der Waals surface area contributed by atoms with Gasteiger partial charge in [0.1, 0.15) is 0 Å². The van der Waals surface area contributed by atoms with Crippen LogP contribution in [0.4, 0.5) is 0 Å². The topological polar surface area (TPSA) is 99.1 Å². The first-order valence-corrected chi connectivity index (χ1v) is 3.65. The fourth-order valence-electron chi connectivity index (χ4n) is 0.788. The Balaban J connectivity index is 3.35. The van der Waals surface area contributed by atoms with Crippen LogP contribution in [0.2, 0.25) is 5.02 Å². The number of carbonyl (C=O) groups is 2. The third-order valence-electron chi connectivity index (χ3n) is 1.41. The van der Waals surface area contributed by atoms with E-state index in [4.69, 9.17) is 23.1 Å². The molecular weight excluding hydrogens is 194 g/mol. The van der Waals surface area contributed by atoms with Crippen molar-refractivity contribution in [1.82, 2.24) is 4.98 Å². The molecule has 0 radical (unpaired) electrons. The summed E-state index contributed by atoms with van der Waals surface area (Å²) in [4.78, 5) is 25.1. The molecule has 0 saturated carbocycles. The second-order valence-corrected chi connectivity index (χ2v) is 2.66. The number of halogens is 1. The Hall–Kier alpha value is -1.62. The molecule has 0 bridgehead atoms. The number of nitrogens with zero attached hydrogens (tertiary/aromatic N) is 1. The molecule has 4 N–H and O–H groups in total. The summed E-state index contributed by atoms with van der Waals surface area (Å²) in [7, 11) is 0. The van der Waals surface area contributed by atoms with Gasteiger partial charge in [0, 0.05) is 12.4 Å². The van der Waals surface area contributed by atoms with E-state index in [2.05, 4.69) is 4.98 Å². The first-order valence-electron chi connectivity index (χ1n) is 3.27. The molecule has 0 aromatic carbocycles. The molecule has 13 heavy (non-hydrogen) atoms. The largest absolute Gasteiger partial charge is 0.366 e. The van der Waals surface area contributed by atoms with E-state index < -0.39 is 11.8 Å². The number of pyridine rings is 1. The molecule has 0 atom stereocenters. The van der Waals surface area contributed by atoms with E-state index in [1.165, 1.54) is 12.4 Å². The van der Waals surface area contributed by atoms with Crippen LogP contribution in [0.25, 0.3) is 0 Å². The second kappa shape index (κ2) is 3.40. The Kier molecular flexibility index (Phi) is 2.48. The number of amides is 2. The van der Waals surface area contributed by atoms with E-state index in [0.717, 1.165) is 0 Å².